The Labute approximate surface area is 136 Å². The van der Waals surface area contributed by atoms with Crippen molar-refractivity contribution >= 4 is 39.1 Å². The molecule has 0 atom stereocenters. The highest BCUT2D eigenvalue weighted by Crippen LogP contribution is 2.24. The molecule has 21 heavy (non-hydrogen) atoms. The average Bonchev–Trinajstić information content (AvgIpc) is 2.47. The molecule has 2 rings (SSSR count). The molecular formula is C15H14BrClN2O2. The van der Waals surface area contributed by atoms with Crippen molar-refractivity contribution in [2.75, 3.05) is 11.9 Å². The monoisotopic (exact) mass is 368 g/mol. The van der Waals surface area contributed by atoms with E-state index < -0.39 is 5.91 Å². The van der Waals surface area contributed by atoms with Crippen molar-refractivity contribution in [2.45, 2.75) is 6.54 Å². The third-order valence-electron chi connectivity index (χ3n) is 2.72. The number of halogens is 2. The van der Waals surface area contributed by atoms with Crippen molar-refractivity contribution in [3.8, 4) is 5.75 Å². The van der Waals surface area contributed by atoms with E-state index in [-0.39, 0.29) is 6.61 Å². The molecule has 0 bridgehead atoms. The molecule has 0 fully saturated rings. The van der Waals surface area contributed by atoms with Gasteiger partial charge in [0.05, 0.1) is 5.02 Å². The molecule has 0 heterocycles. The first-order valence-electron chi connectivity index (χ1n) is 6.23. The summed E-state index contributed by atoms with van der Waals surface area (Å²) in [5.74, 6) is 0.110. The van der Waals surface area contributed by atoms with Gasteiger partial charge in [0.25, 0.3) is 5.91 Å². The Kier molecular flexibility index (Phi) is 5.47. The van der Waals surface area contributed by atoms with Gasteiger partial charge in [-0.2, -0.15) is 0 Å². The summed E-state index contributed by atoms with van der Waals surface area (Å²) in [6.07, 6.45) is 0. The van der Waals surface area contributed by atoms with Crippen molar-refractivity contribution in [3.63, 3.8) is 0 Å². The van der Waals surface area contributed by atoms with E-state index in [0.29, 0.717) is 17.3 Å². The average molecular weight is 370 g/mol. The van der Waals surface area contributed by atoms with Gasteiger partial charge in [0.1, 0.15) is 5.75 Å². The molecule has 0 aliphatic rings. The van der Waals surface area contributed by atoms with Gasteiger partial charge in [-0.05, 0) is 57.9 Å². The lowest BCUT2D eigenvalue weighted by molar-refractivity contribution is -0.119. The fourth-order valence-corrected chi connectivity index (χ4v) is 2.22. The van der Waals surface area contributed by atoms with E-state index in [9.17, 15) is 4.79 Å². The molecule has 0 aliphatic carbocycles. The lowest BCUT2D eigenvalue weighted by atomic mass is 10.2. The van der Waals surface area contributed by atoms with E-state index in [0.717, 1.165) is 15.7 Å². The Balaban J connectivity index is 1.91. The quantitative estimate of drug-likeness (QED) is 0.818. The van der Waals surface area contributed by atoms with E-state index in [1.54, 1.807) is 12.1 Å². The maximum absolute atomic E-state index is 10.6. The zero-order chi connectivity index (χ0) is 15.2. The summed E-state index contributed by atoms with van der Waals surface area (Å²) in [6.45, 7) is 0.558. The number of rotatable bonds is 6. The van der Waals surface area contributed by atoms with Crippen LogP contribution in [0.4, 0.5) is 5.69 Å². The van der Waals surface area contributed by atoms with Crippen LogP contribution in [0.5, 0.6) is 5.75 Å². The summed E-state index contributed by atoms with van der Waals surface area (Å²) < 4.78 is 6.06. The van der Waals surface area contributed by atoms with E-state index in [1.807, 2.05) is 30.3 Å². The molecule has 0 aliphatic heterocycles. The first-order valence-corrected chi connectivity index (χ1v) is 7.40. The van der Waals surface area contributed by atoms with Crippen LogP contribution in [0, 0.1) is 0 Å². The number of nitrogens with two attached hydrogens (primary N) is 1. The first-order chi connectivity index (χ1) is 10.0. The van der Waals surface area contributed by atoms with Crippen LogP contribution in [0.1, 0.15) is 5.56 Å². The summed E-state index contributed by atoms with van der Waals surface area (Å²) in [7, 11) is 0. The van der Waals surface area contributed by atoms with Crippen LogP contribution in [0.3, 0.4) is 0 Å². The number of nitrogens with one attached hydrogen (secondary N) is 1. The van der Waals surface area contributed by atoms with Gasteiger partial charge < -0.3 is 15.8 Å². The number of anilines is 1. The van der Waals surface area contributed by atoms with Crippen molar-refractivity contribution < 1.29 is 9.53 Å². The van der Waals surface area contributed by atoms with Gasteiger partial charge in [-0.3, -0.25) is 4.79 Å². The zero-order valence-electron chi connectivity index (χ0n) is 11.1. The highest BCUT2D eigenvalue weighted by molar-refractivity contribution is 9.10. The van der Waals surface area contributed by atoms with E-state index >= 15 is 0 Å². The number of hydrogen-bond donors (Lipinski definition) is 2. The molecule has 1 amide bonds. The summed E-state index contributed by atoms with van der Waals surface area (Å²) in [5.41, 5.74) is 7.08. The van der Waals surface area contributed by atoms with E-state index in [4.69, 9.17) is 22.1 Å². The third-order valence-corrected chi connectivity index (χ3v) is 3.93. The molecule has 6 heteroatoms. The van der Waals surface area contributed by atoms with Crippen LogP contribution < -0.4 is 15.8 Å². The Morgan fingerprint density at radius 1 is 1.24 bits per heavy atom. The van der Waals surface area contributed by atoms with Crippen LogP contribution in [-0.2, 0) is 11.3 Å². The maximum Gasteiger partial charge on any atom is 0.255 e. The molecule has 0 saturated heterocycles. The number of amides is 1. The summed E-state index contributed by atoms with van der Waals surface area (Å²) in [5, 5.41) is 3.98. The van der Waals surface area contributed by atoms with Gasteiger partial charge in [0, 0.05) is 16.7 Å². The smallest absolute Gasteiger partial charge is 0.255 e. The zero-order valence-corrected chi connectivity index (χ0v) is 13.4. The summed E-state index contributed by atoms with van der Waals surface area (Å²) >= 11 is 9.35. The fraction of sp³-hybridized carbons (Fsp3) is 0.133. The number of primary amides is 1. The summed E-state index contributed by atoms with van der Waals surface area (Å²) in [6, 6.07) is 13.1. The number of carbonyl (C=O) groups is 1. The largest absolute Gasteiger partial charge is 0.484 e. The van der Waals surface area contributed by atoms with Crippen LogP contribution in [0.15, 0.2) is 46.9 Å². The number of carbonyl (C=O) groups excluding carboxylic acids is 1. The molecule has 110 valence electrons. The lowest BCUT2D eigenvalue weighted by Gasteiger charge is -2.09. The van der Waals surface area contributed by atoms with Gasteiger partial charge >= 0.3 is 0 Å². The van der Waals surface area contributed by atoms with Gasteiger partial charge in [0.15, 0.2) is 6.61 Å². The molecule has 2 aromatic carbocycles. The van der Waals surface area contributed by atoms with Gasteiger partial charge in [-0.25, -0.2) is 0 Å². The second-order valence-electron chi connectivity index (χ2n) is 4.38. The minimum absolute atomic E-state index is 0.119. The highest BCUT2D eigenvalue weighted by atomic mass is 79.9. The minimum Gasteiger partial charge on any atom is -0.484 e. The van der Waals surface area contributed by atoms with Crippen molar-refractivity contribution in [1.29, 1.82) is 0 Å². The van der Waals surface area contributed by atoms with E-state index in [1.165, 1.54) is 0 Å². The SMILES string of the molecule is NC(=O)COc1ccc(NCc2ccc(Cl)c(Br)c2)cc1. The Morgan fingerprint density at radius 2 is 1.95 bits per heavy atom. The number of hydrogen-bond acceptors (Lipinski definition) is 3. The van der Waals surface area contributed by atoms with Crippen LogP contribution >= 0.6 is 27.5 Å². The van der Waals surface area contributed by atoms with Crippen LogP contribution in [0.2, 0.25) is 5.02 Å². The first kappa shape index (κ1) is 15.7. The molecule has 4 nitrogen and oxygen atoms in total. The Hall–Kier alpha value is -1.72. The third kappa shape index (κ3) is 4.95. The molecule has 2 aromatic rings. The lowest BCUT2D eigenvalue weighted by Crippen LogP contribution is -2.19. The molecule has 0 radical (unpaired) electrons. The fourth-order valence-electron chi connectivity index (χ4n) is 1.68. The second-order valence-corrected chi connectivity index (χ2v) is 5.64. The highest BCUT2D eigenvalue weighted by Gasteiger charge is 2.01. The van der Waals surface area contributed by atoms with Crippen molar-refractivity contribution in [1.82, 2.24) is 0 Å². The molecule has 0 unspecified atom stereocenters. The minimum atomic E-state index is -0.495. The van der Waals surface area contributed by atoms with Gasteiger partial charge in [-0.15, -0.1) is 0 Å². The summed E-state index contributed by atoms with van der Waals surface area (Å²) in [4.78, 5) is 10.6. The standard InChI is InChI=1S/C15H14BrClN2O2/c16-13-7-10(1-6-14(13)17)8-19-11-2-4-12(5-3-11)21-9-15(18)20/h1-7,19H,8-9H2,(H2,18,20). The second kappa shape index (κ2) is 7.33. The normalized spacial score (nSPS) is 10.2. The van der Waals surface area contributed by atoms with E-state index in [2.05, 4.69) is 21.2 Å². The Morgan fingerprint density at radius 3 is 2.57 bits per heavy atom. The molecular weight excluding hydrogens is 356 g/mol. The number of ether oxygens (including phenoxy) is 1. The molecule has 3 N–H and O–H groups in total. The van der Waals surface area contributed by atoms with Gasteiger partial charge in [-0.1, -0.05) is 17.7 Å². The topological polar surface area (TPSA) is 64.4 Å². The predicted molar refractivity (Wildman–Crippen MR) is 87.6 cm³/mol. The van der Waals surface area contributed by atoms with Crippen molar-refractivity contribution in [3.05, 3.63) is 57.5 Å². The number of benzene rings is 2. The van der Waals surface area contributed by atoms with Gasteiger partial charge in [0.2, 0.25) is 0 Å². The molecule has 0 aromatic heterocycles. The van der Waals surface area contributed by atoms with Crippen LogP contribution in [-0.4, -0.2) is 12.5 Å². The molecule has 0 spiro atoms. The van der Waals surface area contributed by atoms with Crippen LogP contribution in [0.25, 0.3) is 0 Å². The maximum atomic E-state index is 10.6. The predicted octanol–water partition coefficient (Wildman–Crippen LogP) is 3.58. The molecule has 0 saturated carbocycles. The Bertz CT molecular complexity index is 632. The van der Waals surface area contributed by atoms with Crippen molar-refractivity contribution in [2.24, 2.45) is 5.73 Å².